The van der Waals surface area contributed by atoms with Crippen LogP contribution in [0.5, 0.6) is 5.75 Å². The van der Waals surface area contributed by atoms with Crippen molar-refractivity contribution in [2.24, 2.45) is 0 Å². The van der Waals surface area contributed by atoms with Gasteiger partial charge in [-0.2, -0.15) is 8.78 Å². The molecular weight excluding hydrogens is 258 g/mol. The molecule has 14 heavy (non-hydrogen) atoms. The second-order valence-corrected chi connectivity index (χ2v) is 3.52. The summed E-state index contributed by atoms with van der Waals surface area (Å²) in [4.78, 5) is 7.62. The van der Waals surface area contributed by atoms with E-state index in [0.717, 1.165) is 0 Å². The van der Waals surface area contributed by atoms with Crippen molar-refractivity contribution in [2.75, 3.05) is 7.11 Å². The van der Waals surface area contributed by atoms with Gasteiger partial charge >= 0.3 is 4.83 Å². The van der Waals surface area contributed by atoms with Gasteiger partial charge in [0.15, 0.2) is 0 Å². The Morgan fingerprint density at radius 3 is 2.50 bits per heavy atom. The number of methoxy groups -OCH3 is 1. The molecule has 0 fully saturated rings. The second-order valence-electron chi connectivity index (χ2n) is 2.53. The summed E-state index contributed by atoms with van der Waals surface area (Å²) < 4.78 is 30.0. The lowest BCUT2D eigenvalue weighted by Gasteiger charge is -2.10. The fourth-order valence-electron chi connectivity index (χ4n) is 0.985. The minimum Gasteiger partial charge on any atom is -0.496 e. The number of para-hydroxylation sites is 1. The summed E-state index contributed by atoms with van der Waals surface area (Å²) in [7, 11) is 1.32. The van der Waals surface area contributed by atoms with Gasteiger partial charge in [0.2, 0.25) is 5.78 Å². The lowest BCUT2D eigenvalue weighted by atomic mass is 10.1. The fourth-order valence-corrected chi connectivity index (χ4v) is 1.20. The Labute approximate surface area is 88.0 Å². The van der Waals surface area contributed by atoms with Gasteiger partial charge in [0, 0.05) is 0 Å². The average molecular weight is 265 g/mol. The van der Waals surface area contributed by atoms with E-state index in [9.17, 15) is 13.6 Å². The van der Waals surface area contributed by atoms with Crippen LogP contribution in [0.3, 0.4) is 0 Å². The summed E-state index contributed by atoms with van der Waals surface area (Å²) in [5.74, 6) is -1.17. The smallest absolute Gasteiger partial charge is 0.363 e. The van der Waals surface area contributed by atoms with Crippen LogP contribution in [-0.4, -0.2) is 17.7 Å². The minimum absolute atomic E-state index is 0.136. The lowest BCUT2D eigenvalue weighted by molar-refractivity contribution is 0.0589. The summed E-state index contributed by atoms with van der Waals surface area (Å²) in [6, 6.07) is 5.83. The molecule has 76 valence electrons. The Balaban J connectivity index is 3.13. The quantitative estimate of drug-likeness (QED) is 0.620. The van der Waals surface area contributed by atoms with Gasteiger partial charge in [0.05, 0.1) is 12.7 Å². The van der Waals surface area contributed by atoms with E-state index in [1.165, 1.54) is 25.3 Å². The molecule has 0 saturated heterocycles. The molecule has 0 aliphatic carbocycles. The summed E-state index contributed by atoms with van der Waals surface area (Å²) >= 11 is 2.01. The molecule has 0 atom stereocenters. The van der Waals surface area contributed by atoms with E-state index in [1.54, 1.807) is 6.07 Å². The molecule has 0 saturated carbocycles. The van der Waals surface area contributed by atoms with E-state index in [1.807, 2.05) is 15.9 Å². The molecule has 0 bridgehead atoms. The molecule has 2 nitrogen and oxygen atoms in total. The Bertz CT molecular complexity index is 347. The SMILES string of the molecule is COc1ccccc1C(=O)C(F)(F)Br. The monoisotopic (exact) mass is 264 g/mol. The van der Waals surface area contributed by atoms with Crippen molar-refractivity contribution >= 4 is 21.7 Å². The van der Waals surface area contributed by atoms with Crippen LogP contribution in [-0.2, 0) is 0 Å². The zero-order chi connectivity index (χ0) is 10.8. The normalized spacial score (nSPS) is 11.1. The number of halogens is 3. The molecule has 0 unspecified atom stereocenters. The van der Waals surface area contributed by atoms with Gasteiger partial charge in [-0.1, -0.05) is 12.1 Å². The summed E-state index contributed by atoms with van der Waals surface area (Å²) in [6.45, 7) is 0. The minimum atomic E-state index is -3.55. The van der Waals surface area contributed by atoms with Crippen molar-refractivity contribution in [1.29, 1.82) is 0 Å². The number of hydrogen-bond donors (Lipinski definition) is 0. The van der Waals surface area contributed by atoms with E-state index in [-0.39, 0.29) is 11.3 Å². The van der Waals surface area contributed by atoms with Crippen LogP contribution in [0.15, 0.2) is 24.3 Å². The molecule has 0 radical (unpaired) electrons. The highest BCUT2D eigenvalue weighted by molar-refractivity contribution is 9.10. The van der Waals surface area contributed by atoms with Crippen LogP contribution < -0.4 is 4.74 Å². The van der Waals surface area contributed by atoms with E-state index >= 15 is 0 Å². The Kier molecular flexibility index (Phi) is 3.21. The maximum Gasteiger partial charge on any atom is 0.363 e. The molecule has 0 aliphatic heterocycles. The van der Waals surface area contributed by atoms with Crippen molar-refractivity contribution in [3.63, 3.8) is 0 Å². The number of carbonyl (C=O) groups is 1. The van der Waals surface area contributed by atoms with E-state index in [4.69, 9.17) is 4.74 Å². The third-order valence-electron chi connectivity index (χ3n) is 1.61. The van der Waals surface area contributed by atoms with E-state index < -0.39 is 10.6 Å². The van der Waals surface area contributed by atoms with Crippen LogP contribution in [0.4, 0.5) is 8.78 Å². The molecule has 0 spiro atoms. The van der Waals surface area contributed by atoms with Crippen molar-refractivity contribution in [2.45, 2.75) is 4.83 Å². The number of ketones is 1. The van der Waals surface area contributed by atoms with Crippen LogP contribution in [0.25, 0.3) is 0 Å². The molecular formula is C9H7BrF2O2. The van der Waals surface area contributed by atoms with Crippen molar-refractivity contribution in [1.82, 2.24) is 0 Å². The van der Waals surface area contributed by atoms with Crippen molar-refractivity contribution in [3.05, 3.63) is 29.8 Å². The first-order chi connectivity index (χ1) is 6.46. The van der Waals surface area contributed by atoms with Crippen LogP contribution >= 0.6 is 15.9 Å². The Morgan fingerprint density at radius 1 is 1.43 bits per heavy atom. The molecule has 1 rings (SSSR count). The van der Waals surface area contributed by atoms with Gasteiger partial charge in [-0.05, 0) is 28.1 Å². The second kappa shape index (κ2) is 4.04. The van der Waals surface area contributed by atoms with Crippen molar-refractivity contribution < 1.29 is 18.3 Å². The number of hydrogen-bond acceptors (Lipinski definition) is 2. The first kappa shape index (κ1) is 11.1. The predicted octanol–water partition coefficient (Wildman–Crippen LogP) is 2.87. The first-order valence-corrected chi connectivity index (χ1v) is 4.50. The fraction of sp³-hybridized carbons (Fsp3) is 0.222. The van der Waals surface area contributed by atoms with Gasteiger partial charge in [-0.25, -0.2) is 0 Å². The van der Waals surface area contributed by atoms with Crippen molar-refractivity contribution in [3.8, 4) is 5.75 Å². The maximum absolute atomic E-state index is 12.6. The highest BCUT2D eigenvalue weighted by atomic mass is 79.9. The molecule has 5 heteroatoms. The summed E-state index contributed by atoms with van der Waals surface area (Å²) in [5, 5.41) is 0. The largest absolute Gasteiger partial charge is 0.496 e. The Hall–Kier alpha value is -0.970. The van der Waals surface area contributed by atoms with Crippen LogP contribution in [0.1, 0.15) is 10.4 Å². The molecule has 0 amide bonds. The average Bonchev–Trinajstić information content (AvgIpc) is 2.15. The number of Topliss-reactive ketones (excluding diaryl/α,β-unsaturated/α-hetero) is 1. The Morgan fingerprint density at radius 2 is 2.00 bits per heavy atom. The van der Waals surface area contributed by atoms with Gasteiger partial charge in [0.25, 0.3) is 0 Å². The molecule has 0 aliphatic rings. The molecule has 0 N–H and O–H groups in total. The summed E-state index contributed by atoms with van der Waals surface area (Å²) in [5.41, 5.74) is -0.142. The van der Waals surface area contributed by atoms with Gasteiger partial charge in [-0.3, -0.25) is 4.79 Å². The maximum atomic E-state index is 12.6. The number of carbonyl (C=O) groups excluding carboxylic acids is 1. The van der Waals surface area contributed by atoms with Gasteiger partial charge in [-0.15, -0.1) is 0 Å². The highest BCUT2D eigenvalue weighted by Gasteiger charge is 2.37. The topological polar surface area (TPSA) is 26.3 Å². The van der Waals surface area contributed by atoms with Crippen LogP contribution in [0.2, 0.25) is 0 Å². The van der Waals surface area contributed by atoms with Gasteiger partial charge < -0.3 is 4.74 Å². The third kappa shape index (κ3) is 2.29. The van der Waals surface area contributed by atoms with Crippen LogP contribution in [0, 0.1) is 0 Å². The highest BCUT2D eigenvalue weighted by Crippen LogP contribution is 2.30. The zero-order valence-electron chi connectivity index (χ0n) is 7.26. The third-order valence-corrected chi connectivity index (χ3v) is 1.97. The number of alkyl halides is 3. The molecule has 1 aromatic carbocycles. The van der Waals surface area contributed by atoms with Gasteiger partial charge in [0.1, 0.15) is 5.75 Å². The van der Waals surface area contributed by atoms with E-state index in [2.05, 4.69) is 0 Å². The lowest BCUT2D eigenvalue weighted by Crippen LogP contribution is -2.21. The van der Waals surface area contributed by atoms with E-state index in [0.29, 0.717) is 0 Å². The molecule has 1 aromatic rings. The standard InChI is InChI=1S/C9H7BrF2O2/c1-14-7-5-3-2-4-6(7)8(13)9(10,11)12/h2-5H,1H3. The number of benzene rings is 1. The summed E-state index contributed by atoms with van der Waals surface area (Å²) in [6.07, 6.45) is 0. The molecule has 0 heterocycles. The number of rotatable bonds is 3. The first-order valence-electron chi connectivity index (χ1n) is 3.71. The zero-order valence-corrected chi connectivity index (χ0v) is 8.85. The molecule has 0 aromatic heterocycles. The predicted molar refractivity (Wildman–Crippen MR) is 51.2 cm³/mol. The number of ether oxygens (including phenoxy) is 1.